The maximum absolute atomic E-state index is 2.37. The second-order valence-corrected chi connectivity index (χ2v) is 15.6. The average molecular weight is 730 g/mol. The van der Waals surface area contributed by atoms with E-state index in [2.05, 4.69) is 217 Å². The maximum Gasteiger partial charge on any atom is 0.0467 e. The highest BCUT2D eigenvalue weighted by atomic mass is 32.1. The average Bonchev–Trinajstić information content (AvgIpc) is 3.66. The minimum Gasteiger partial charge on any atom is -0.310 e. The molecule has 1 nitrogen and oxygen atoms in total. The Morgan fingerprint density at radius 2 is 0.875 bits per heavy atom. The SMILES string of the molecule is c1ccc(-c2cccc(N(c3ccc(-c4ccc5c(ccc6sc7ccccc7c65)c4)cc3)c3ccc(-c4cc5ccccc5c5ccccc45)cc3)c2)cc1. The van der Waals surface area contributed by atoms with Crippen molar-refractivity contribution in [1.29, 1.82) is 0 Å². The van der Waals surface area contributed by atoms with E-state index in [9.17, 15) is 0 Å². The summed E-state index contributed by atoms with van der Waals surface area (Å²) in [7, 11) is 0. The lowest BCUT2D eigenvalue weighted by Crippen LogP contribution is -2.10. The van der Waals surface area contributed by atoms with Gasteiger partial charge in [0.25, 0.3) is 0 Å². The molecule has 11 rings (SSSR count). The Labute approximate surface area is 330 Å². The quantitative estimate of drug-likeness (QED) is 0.154. The number of thiophene rings is 1. The lowest BCUT2D eigenvalue weighted by atomic mass is 9.93. The summed E-state index contributed by atoms with van der Waals surface area (Å²) in [6.45, 7) is 0. The van der Waals surface area contributed by atoms with Gasteiger partial charge in [-0.15, -0.1) is 11.3 Å². The molecule has 0 radical (unpaired) electrons. The highest BCUT2D eigenvalue weighted by molar-refractivity contribution is 7.26. The van der Waals surface area contributed by atoms with Gasteiger partial charge < -0.3 is 4.90 Å². The molecule has 2 heteroatoms. The van der Waals surface area contributed by atoms with E-state index in [0.29, 0.717) is 0 Å². The first kappa shape index (κ1) is 32.4. The summed E-state index contributed by atoms with van der Waals surface area (Å²) in [4.78, 5) is 2.37. The molecule has 0 spiro atoms. The predicted molar refractivity (Wildman–Crippen MR) is 243 cm³/mol. The lowest BCUT2D eigenvalue weighted by molar-refractivity contribution is 1.28. The zero-order chi connectivity index (χ0) is 37.0. The van der Waals surface area contributed by atoms with Crippen LogP contribution in [0, 0.1) is 0 Å². The first-order valence-electron chi connectivity index (χ1n) is 19.2. The Morgan fingerprint density at radius 3 is 1.68 bits per heavy atom. The Bertz CT molecular complexity index is 3230. The molecule has 1 aromatic heterocycles. The van der Waals surface area contributed by atoms with Gasteiger partial charge in [0.05, 0.1) is 0 Å². The van der Waals surface area contributed by atoms with Gasteiger partial charge in [-0.25, -0.2) is 0 Å². The zero-order valence-corrected chi connectivity index (χ0v) is 31.4. The highest BCUT2D eigenvalue weighted by Crippen LogP contribution is 2.42. The molecule has 0 aliphatic rings. The third kappa shape index (κ3) is 5.54. The van der Waals surface area contributed by atoms with Gasteiger partial charge >= 0.3 is 0 Å². The van der Waals surface area contributed by atoms with E-state index in [0.717, 1.165) is 17.1 Å². The van der Waals surface area contributed by atoms with Gasteiger partial charge in [-0.1, -0.05) is 152 Å². The molecular formula is C54H35NS. The molecule has 0 amide bonds. The summed E-state index contributed by atoms with van der Waals surface area (Å²) >= 11 is 1.87. The number of fused-ring (bicyclic) bond motifs is 8. The van der Waals surface area contributed by atoms with Crippen molar-refractivity contribution in [3.05, 3.63) is 212 Å². The zero-order valence-electron chi connectivity index (χ0n) is 30.6. The second-order valence-electron chi connectivity index (χ2n) is 14.5. The molecule has 0 saturated carbocycles. The van der Waals surface area contributed by atoms with Gasteiger partial charge in [0.2, 0.25) is 0 Å². The van der Waals surface area contributed by atoms with Crippen molar-refractivity contribution in [1.82, 2.24) is 0 Å². The molecule has 0 aliphatic heterocycles. The molecule has 0 aliphatic carbocycles. The van der Waals surface area contributed by atoms with Crippen molar-refractivity contribution in [2.75, 3.05) is 4.90 Å². The minimum atomic E-state index is 1.11. The van der Waals surface area contributed by atoms with Crippen molar-refractivity contribution < 1.29 is 0 Å². The van der Waals surface area contributed by atoms with Crippen molar-refractivity contribution in [2.45, 2.75) is 0 Å². The van der Waals surface area contributed by atoms with Crippen molar-refractivity contribution >= 4 is 80.9 Å². The van der Waals surface area contributed by atoms with Gasteiger partial charge in [-0.05, 0) is 126 Å². The molecule has 1 heterocycles. The maximum atomic E-state index is 2.37. The van der Waals surface area contributed by atoms with E-state index in [1.807, 2.05) is 11.3 Å². The Kier molecular flexibility index (Phi) is 7.75. The number of hydrogen-bond donors (Lipinski definition) is 0. The number of rotatable bonds is 6. The van der Waals surface area contributed by atoms with E-state index in [1.54, 1.807) is 0 Å². The van der Waals surface area contributed by atoms with Crippen LogP contribution < -0.4 is 4.90 Å². The molecule has 0 unspecified atom stereocenters. The number of benzene rings is 10. The number of hydrogen-bond acceptors (Lipinski definition) is 2. The van der Waals surface area contributed by atoms with Crippen LogP contribution in [0.1, 0.15) is 0 Å². The van der Waals surface area contributed by atoms with Crippen LogP contribution in [0.15, 0.2) is 212 Å². The fourth-order valence-corrected chi connectivity index (χ4v) is 9.64. The first-order chi connectivity index (χ1) is 27.7. The van der Waals surface area contributed by atoms with Crippen molar-refractivity contribution in [3.63, 3.8) is 0 Å². The van der Waals surface area contributed by atoms with Gasteiger partial charge in [0, 0.05) is 37.2 Å². The fourth-order valence-electron chi connectivity index (χ4n) is 8.52. The monoisotopic (exact) mass is 729 g/mol. The van der Waals surface area contributed by atoms with Crippen LogP contribution in [0.3, 0.4) is 0 Å². The summed E-state index contributed by atoms with van der Waals surface area (Å²) in [6, 6.07) is 77.6. The second kappa shape index (κ2) is 13.4. The van der Waals surface area contributed by atoms with E-state index in [4.69, 9.17) is 0 Å². The molecular weight excluding hydrogens is 695 g/mol. The van der Waals surface area contributed by atoms with E-state index in [-0.39, 0.29) is 0 Å². The highest BCUT2D eigenvalue weighted by Gasteiger charge is 2.16. The smallest absolute Gasteiger partial charge is 0.0467 e. The number of nitrogens with zero attached hydrogens (tertiary/aromatic N) is 1. The van der Waals surface area contributed by atoms with Crippen LogP contribution in [0.5, 0.6) is 0 Å². The lowest BCUT2D eigenvalue weighted by Gasteiger charge is -2.26. The molecule has 262 valence electrons. The standard InChI is InChI=1S/C54H35NS/c1-2-11-36(12-3-1)39-14-10-15-45(34-39)55(44-29-23-38(24-30-44)51-35-41-13-4-5-16-46(41)48-17-6-7-18-49(48)51)43-27-21-37(22-28-43)40-25-31-47-42(33-40)26-32-53-54(47)50-19-8-9-20-52(50)56-53/h1-35H. The van der Waals surface area contributed by atoms with Gasteiger partial charge in [-0.2, -0.15) is 0 Å². The van der Waals surface area contributed by atoms with Crippen LogP contribution in [0.2, 0.25) is 0 Å². The Morgan fingerprint density at radius 1 is 0.286 bits per heavy atom. The third-order valence-electron chi connectivity index (χ3n) is 11.2. The van der Waals surface area contributed by atoms with Crippen LogP contribution in [-0.2, 0) is 0 Å². The fraction of sp³-hybridized carbons (Fsp3) is 0. The van der Waals surface area contributed by atoms with Crippen LogP contribution >= 0.6 is 11.3 Å². The normalized spacial score (nSPS) is 11.6. The largest absolute Gasteiger partial charge is 0.310 e. The van der Waals surface area contributed by atoms with E-state index < -0.39 is 0 Å². The van der Waals surface area contributed by atoms with E-state index >= 15 is 0 Å². The molecule has 10 aromatic carbocycles. The molecule has 11 aromatic rings. The predicted octanol–water partition coefficient (Wildman–Crippen LogP) is 16.0. The topological polar surface area (TPSA) is 3.24 Å². The summed E-state index contributed by atoms with van der Waals surface area (Å²) in [5.41, 5.74) is 10.6. The molecule has 0 bridgehead atoms. The van der Waals surface area contributed by atoms with Gasteiger partial charge in [0.15, 0.2) is 0 Å². The first-order valence-corrected chi connectivity index (χ1v) is 20.0. The van der Waals surface area contributed by atoms with Gasteiger partial charge in [-0.3, -0.25) is 0 Å². The van der Waals surface area contributed by atoms with Crippen LogP contribution in [-0.4, -0.2) is 0 Å². The van der Waals surface area contributed by atoms with Crippen LogP contribution in [0.25, 0.3) is 85.9 Å². The molecule has 0 fully saturated rings. The number of anilines is 3. The molecule has 0 atom stereocenters. The Hall–Kier alpha value is -7.00. The van der Waals surface area contributed by atoms with E-state index in [1.165, 1.54) is 85.9 Å². The minimum absolute atomic E-state index is 1.11. The van der Waals surface area contributed by atoms with Gasteiger partial charge in [0.1, 0.15) is 0 Å². The van der Waals surface area contributed by atoms with Crippen molar-refractivity contribution in [2.24, 2.45) is 0 Å². The van der Waals surface area contributed by atoms with Crippen LogP contribution in [0.4, 0.5) is 17.1 Å². The van der Waals surface area contributed by atoms with Crippen molar-refractivity contribution in [3.8, 4) is 33.4 Å². The summed E-state index contributed by atoms with van der Waals surface area (Å²) in [5, 5.41) is 10.4. The molecule has 0 N–H and O–H groups in total. The molecule has 56 heavy (non-hydrogen) atoms. The Balaban J connectivity index is 0.998. The summed E-state index contributed by atoms with van der Waals surface area (Å²) in [6.07, 6.45) is 0. The summed E-state index contributed by atoms with van der Waals surface area (Å²) < 4.78 is 2.68. The molecule has 0 saturated heterocycles. The summed E-state index contributed by atoms with van der Waals surface area (Å²) in [5.74, 6) is 0. The third-order valence-corrected chi connectivity index (χ3v) is 12.4.